The molecule has 1 aromatic heterocycles. The first-order valence-corrected chi connectivity index (χ1v) is 8.83. The van der Waals surface area contributed by atoms with Crippen LogP contribution in [0.25, 0.3) is 0 Å². The Morgan fingerprint density at radius 2 is 2.08 bits per heavy atom. The Hall–Kier alpha value is -2.73. The van der Waals surface area contributed by atoms with Crippen LogP contribution in [0.4, 0.5) is 0 Å². The van der Waals surface area contributed by atoms with E-state index in [0.29, 0.717) is 17.9 Å². The number of hydrogen-bond acceptors (Lipinski definition) is 5. The zero-order valence-electron chi connectivity index (χ0n) is 15.2. The van der Waals surface area contributed by atoms with Crippen molar-refractivity contribution in [1.82, 2.24) is 15.3 Å². The van der Waals surface area contributed by atoms with E-state index in [-0.39, 0.29) is 5.91 Å². The molecule has 1 aromatic carbocycles. The first kappa shape index (κ1) is 18.1. The zero-order chi connectivity index (χ0) is 18.4. The van der Waals surface area contributed by atoms with Gasteiger partial charge in [-0.05, 0) is 57.1 Å². The molecule has 26 heavy (non-hydrogen) atoms. The highest BCUT2D eigenvalue weighted by Crippen LogP contribution is 2.20. The second-order valence-corrected chi connectivity index (χ2v) is 6.51. The van der Waals surface area contributed by atoms with Crippen LogP contribution in [0.15, 0.2) is 47.7 Å². The molecule has 1 aliphatic carbocycles. The predicted molar refractivity (Wildman–Crippen MR) is 102 cm³/mol. The van der Waals surface area contributed by atoms with E-state index in [0.717, 1.165) is 37.2 Å². The summed E-state index contributed by atoms with van der Waals surface area (Å²) in [5.41, 5.74) is 6.04. The number of para-hydroxylation sites is 1. The molecule has 0 saturated carbocycles. The van der Waals surface area contributed by atoms with Crippen molar-refractivity contribution in [2.75, 3.05) is 27.2 Å². The number of fused-ring (bicyclic) bond motifs is 1. The molecule has 0 unspecified atom stereocenters. The highest BCUT2D eigenvalue weighted by Gasteiger charge is 2.17. The van der Waals surface area contributed by atoms with Crippen LogP contribution in [-0.2, 0) is 6.42 Å². The van der Waals surface area contributed by atoms with Crippen LogP contribution in [0.1, 0.15) is 34.5 Å². The third-order valence-corrected chi connectivity index (χ3v) is 4.24. The van der Waals surface area contributed by atoms with Gasteiger partial charge in [-0.2, -0.15) is 5.10 Å². The average molecular weight is 352 g/mol. The summed E-state index contributed by atoms with van der Waals surface area (Å²) >= 11 is 0. The van der Waals surface area contributed by atoms with Crippen LogP contribution < -0.4 is 10.2 Å². The Kier molecular flexibility index (Phi) is 5.96. The highest BCUT2D eigenvalue weighted by atomic mass is 16.5. The van der Waals surface area contributed by atoms with Gasteiger partial charge < -0.3 is 9.64 Å². The van der Waals surface area contributed by atoms with Crippen LogP contribution in [0.2, 0.25) is 0 Å². The second-order valence-electron chi connectivity index (χ2n) is 6.51. The minimum absolute atomic E-state index is 0.277. The van der Waals surface area contributed by atoms with Crippen molar-refractivity contribution in [3.63, 3.8) is 0 Å². The number of nitrogens with one attached hydrogen (secondary N) is 1. The van der Waals surface area contributed by atoms with Crippen LogP contribution in [-0.4, -0.2) is 48.7 Å². The van der Waals surface area contributed by atoms with Crippen LogP contribution >= 0.6 is 0 Å². The summed E-state index contributed by atoms with van der Waals surface area (Å²) in [7, 11) is 3.96. The lowest BCUT2D eigenvalue weighted by atomic mass is 9.95. The van der Waals surface area contributed by atoms with Gasteiger partial charge in [0.05, 0.1) is 17.0 Å². The third kappa shape index (κ3) is 4.46. The van der Waals surface area contributed by atoms with E-state index in [2.05, 4.69) is 21.6 Å². The molecule has 1 aliphatic rings. The molecule has 136 valence electrons. The lowest BCUT2D eigenvalue weighted by molar-refractivity contribution is 0.0950. The van der Waals surface area contributed by atoms with E-state index in [1.807, 2.05) is 37.2 Å². The van der Waals surface area contributed by atoms with Crippen molar-refractivity contribution in [2.45, 2.75) is 19.3 Å². The Morgan fingerprint density at radius 3 is 2.92 bits per heavy atom. The van der Waals surface area contributed by atoms with E-state index in [9.17, 15) is 4.79 Å². The number of ether oxygens (including phenoxy) is 1. The number of carbonyl (C=O) groups excluding carboxylic acids is 1. The first-order valence-electron chi connectivity index (χ1n) is 8.83. The monoisotopic (exact) mass is 352 g/mol. The maximum absolute atomic E-state index is 12.6. The van der Waals surface area contributed by atoms with Gasteiger partial charge in [0.2, 0.25) is 0 Å². The van der Waals surface area contributed by atoms with Gasteiger partial charge in [-0.15, -0.1) is 0 Å². The molecule has 0 bridgehead atoms. The lowest BCUT2D eigenvalue weighted by Crippen LogP contribution is -2.24. The number of amides is 1. The molecular formula is C20H24N4O2. The van der Waals surface area contributed by atoms with E-state index < -0.39 is 0 Å². The van der Waals surface area contributed by atoms with Crippen LogP contribution in [0, 0.1) is 0 Å². The third-order valence-electron chi connectivity index (χ3n) is 4.24. The Labute approximate surface area is 153 Å². The fraction of sp³-hybridized carbons (Fsp3) is 0.350. The summed E-state index contributed by atoms with van der Waals surface area (Å²) in [6.07, 6.45) is 4.58. The van der Waals surface area contributed by atoms with Gasteiger partial charge in [-0.3, -0.25) is 9.78 Å². The maximum atomic E-state index is 12.6. The molecule has 0 atom stereocenters. The molecule has 1 N–H and O–H groups in total. The molecule has 1 heterocycles. The van der Waals surface area contributed by atoms with Gasteiger partial charge >= 0.3 is 0 Å². The van der Waals surface area contributed by atoms with E-state index in [4.69, 9.17) is 4.74 Å². The lowest BCUT2D eigenvalue weighted by Gasteiger charge is -2.16. The second kappa shape index (κ2) is 8.58. The first-order chi connectivity index (χ1) is 12.6. The van der Waals surface area contributed by atoms with Gasteiger partial charge in [-0.25, -0.2) is 5.43 Å². The fourth-order valence-corrected chi connectivity index (χ4v) is 2.87. The SMILES string of the molecule is CN(C)CCOc1ccccc1C(=O)N/N=C1\CCCc2cccnc21. The topological polar surface area (TPSA) is 66.8 Å². The molecule has 0 spiro atoms. The van der Waals surface area contributed by atoms with Crippen molar-refractivity contribution in [3.8, 4) is 5.75 Å². The molecule has 3 rings (SSSR count). The molecule has 1 amide bonds. The Bertz CT molecular complexity index is 802. The number of hydrazone groups is 1. The summed E-state index contributed by atoms with van der Waals surface area (Å²) in [4.78, 5) is 19.0. The van der Waals surface area contributed by atoms with E-state index in [1.165, 1.54) is 5.56 Å². The zero-order valence-corrected chi connectivity index (χ0v) is 15.2. The Morgan fingerprint density at radius 1 is 1.23 bits per heavy atom. The number of benzene rings is 1. The number of aromatic nitrogens is 1. The normalized spacial score (nSPS) is 15.0. The van der Waals surface area contributed by atoms with Crippen molar-refractivity contribution in [2.24, 2.45) is 5.10 Å². The van der Waals surface area contributed by atoms with Crippen LogP contribution in [0.5, 0.6) is 5.75 Å². The summed E-state index contributed by atoms with van der Waals surface area (Å²) in [6.45, 7) is 1.30. The van der Waals surface area contributed by atoms with Gasteiger partial charge in [-0.1, -0.05) is 18.2 Å². The van der Waals surface area contributed by atoms with Crippen molar-refractivity contribution in [3.05, 3.63) is 59.4 Å². The van der Waals surface area contributed by atoms with E-state index in [1.54, 1.807) is 18.3 Å². The molecule has 0 saturated heterocycles. The van der Waals surface area contributed by atoms with Crippen LogP contribution in [0.3, 0.4) is 0 Å². The summed E-state index contributed by atoms with van der Waals surface area (Å²) in [5, 5.41) is 4.34. The molecule has 6 nitrogen and oxygen atoms in total. The van der Waals surface area contributed by atoms with Gasteiger partial charge in [0, 0.05) is 12.7 Å². The summed E-state index contributed by atoms with van der Waals surface area (Å²) < 4.78 is 5.75. The number of likely N-dealkylation sites (N-methyl/N-ethyl adjacent to an activating group) is 1. The highest BCUT2D eigenvalue weighted by molar-refractivity contribution is 6.03. The van der Waals surface area contributed by atoms with Crippen molar-refractivity contribution < 1.29 is 9.53 Å². The van der Waals surface area contributed by atoms with Gasteiger partial charge in [0.25, 0.3) is 5.91 Å². The smallest absolute Gasteiger partial charge is 0.275 e. The van der Waals surface area contributed by atoms with Gasteiger partial charge in [0.1, 0.15) is 12.4 Å². The van der Waals surface area contributed by atoms with Crippen molar-refractivity contribution >= 4 is 11.6 Å². The van der Waals surface area contributed by atoms with Gasteiger partial charge in [0.15, 0.2) is 0 Å². The van der Waals surface area contributed by atoms with Crippen molar-refractivity contribution in [1.29, 1.82) is 0 Å². The molecule has 0 radical (unpaired) electrons. The average Bonchev–Trinajstić information content (AvgIpc) is 2.66. The number of nitrogens with zero attached hydrogens (tertiary/aromatic N) is 3. The number of hydrogen-bond donors (Lipinski definition) is 1. The minimum atomic E-state index is -0.277. The summed E-state index contributed by atoms with van der Waals surface area (Å²) in [6, 6.07) is 11.2. The molecule has 0 fully saturated rings. The molecule has 0 aliphatic heterocycles. The summed E-state index contributed by atoms with van der Waals surface area (Å²) in [5.74, 6) is 0.287. The number of carbonyl (C=O) groups is 1. The fourth-order valence-electron chi connectivity index (χ4n) is 2.87. The number of rotatable bonds is 6. The maximum Gasteiger partial charge on any atom is 0.275 e. The quantitative estimate of drug-likeness (QED) is 0.811. The molecule has 6 heteroatoms. The largest absolute Gasteiger partial charge is 0.491 e. The minimum Gasteiger partial charge on any atom is -0.491 e. The standard InChI is InChI=1S/C20H24N4O2/c1-24(2)13-14-26-18-11-4-3-9-16(18)20(25)23-22-17-10-5-7-15-8-6-12-21-19(15)17/h3-4,6,8-9,11-12H,5,7,10,13-14H2,1-2H3,(H,23,25)/b22-17+. The number of aryl methyl sites for hydroxylation is 1. The molecule has 2 aromatic rings. The van der Waals surface area contributed by atoms with E-state index >= 15 is 0 Å². The number of pyridine rings is 1. The predicted octanol–water partition coefficient (Wildman–Crippen LogP) is 2.49. The molecular weight excluding hydrogens is 328 g/mol. The Balaban J connectivity index is 1.71.